The Kier molecular flexibility index (Phi) is 3.87. The molecule has 24 heavy (non-hydrogen) atoms. The van der Waals surface area contributed by atoms with Crippen molar-refractivity contribution in [3.8, 4) is 11.3 Å². The first-order valence-corrected chi connectivity index (χ1v) is 8.44. The van der Waals surface area contributed by atoms with Gasteiger partial charge in [-0.25, -0.2) is 0 Å². The van der Waals surface area contributed by atoms with Gasteiger partial charge in [0.05, 0.1) is 17.8 Å². The van der Waals surface area contributed by atoms with E-state index in [1.165, 1.54) is 27.8 Å². The van der Waals surface area contributed by atoms with Crippen LogP contribution in [0.1, 0.15) is 18.1 Å². The molecule has 1 heterocycles. The Labute approximate surface area is 142 Å². The lowest BCUT2D eigenvalue weighted by Crippen LogP contribution is -2.03. The summed E-state index contributed by atoms with van der Waals surface area (Å²) in [5.74, 6) is 0. The Morgan fingerprint density at radius 2 is 1.50 bits per heavy atom. The van der Waals surface area contributed by atoms with Crippen molar-refractivity contribution in [1.29, 1.82) is 0 Å². The zero-order valence-corrected chi connectivity index (χ0v) is 13.8. The fourth-order valence-electron chi connectivity index (χ4n) is 3.27. The Morgan fingerprint density at radius 1 is 0.792 bits per heavy atom. The van der Waals surface area contributed by atoms with Crippen molar-refractivity contribution in [2.45, 2.75) is 19.9 Å². The summed E-state index contributed by atoms with van der Waals surface area (Å²) < 4.78 is 2.15. The van der Waals surface area contributed by atoms with Crippen LogP contribution in [0, 0.1) is 0 Å². The van der Waals surface area contributed by atoms with Crippen LogP contribution in [-0.2, 0) is 13.0 Å². The fraction of sp³-hybridized carbons (Fsp3) is 0.136. The average Bonchev–Trinajstić information content (AvgIpc) is 3.01. The molecule has 0 aliphatic rings. The van der Waals surface area contributed by atoms with E-state index in [1.807, 2.05) is 0 Å². The Hall–Kier alpha value is -2.87. The largest absolute Gasteiger partial charge is 0.259 e. The quantitative estimate of drug-likeness (QED) is 0.499. The molecule has 0 atom stereocenters. The van der Waals surface area contributed by atoms with Crippen molar-refractivity contribution in [2.75, 3.05) is 0 Å². The van der Waals surface area contributed by atoms with Crippen LogP contribution in [0.4, 0.5) is 0 Å². The summed E-state index contributed by atoms with van der Waals surface area (Å²) in [6.07, 6.45) is 0.994. The average molecular weight is 312 g/mol. The monoisotopic (exact) mass is 312 g/mol. The van der Waals surface area contributed by atoms with E-state index < -0.39 is 0 Å². The first-order chi connectivity index (χ1) is 11.9. The predicted octanol–water partition coefficient (Wildman–Crippen LogP) is 5.31. The van der Waals surface area contributed by atoms with Gasteiger partial charge in [-0.15, -0.1) is 0 Å². The Morgan fingerprint density at radius 3 is 2.21 bits per heavy atom. The maximum atomic E-state index is 4.97. The topological polar surface area (TPSA) is 17.8 Å². The van der Waals surface area contributed by atoms with E-state index in [0.29, 0.717) is 0 Å². The van der Waals surface area contributed by atoms with E-state index in [2.05, 4.69) is 90.5 Å². The maximum Gasteiger partial charge on any atom is 0.0961 e. The van der Waals surface area contributed by atoms with Crippen LogP contribution in [0.5, 0.6) is 0 Å². The summed E-state index contributed by atoms with van der Waals surface area (Å²) in [7, 11) is 0. The zero-order valence-electron chi connectivity index (χ0n) is 13.8. The summed E-state index contributed by atoms with van der Waals surface area (Å²) in [5.41, 5.74) is 6.10. The highest BCUT2D eigenvalue weighted by atomic mass is 15.3. The lowest BCUT2D eigenvalue weighted by atomic mass is 10.0. The van der Waals surface area contributed by atoms with Gasteiger partial charge in [0.25, 0.3) is 0 Å². The van der Waals surface area contributed by atoms with Crippen molar-refractivity contribution < 1.29 is 0 Å². The number of fused-ring (bicyclic) bond motifs is 1. The van der Waals surface area contributed by atoms with Gasteiger partial charge in [-0.2, -0.15) is 5.10 Å². The van der Waals surface area contributed by atoms with Crippen LogP contribution in [0.2, 0.25) is 0 Å². The first-order valence-electron chi connectivity index (χ1n) is 8.44. The first kappa shape index (κ1) is 14.7. The molecule has 118 valence electrons. The second-order valence-corrected chi connectivity index (χ2v) is 6.02. The molecule has 0 fully saturated rings. The smallest absolute Gasteiger partial charge is 0.0961 e. The van der Waals surface area contributed by atoms with Gasteiger partial charge in [0.1, 0.15) is 0 Å². The van der Waals surface area contributed by atoms with Crippen molar-refractivity contribution in [3.05, 3.63) is 90.0 Å². The minimum Gasteiger partial charge on any atom is -0.259 e. The second-order valence-electron chi connectivity index (χ2n) is 6.02. The van der Waals surface area contributed by atoms with Gasteiger partial charge in [0.2, 0.25) is 0 Å². The molecule has 0 saturated carbocycles. The number of aromatic nitrogens is 2. The molecule has 0 unspecified atom stereocenters. The molecular formula is C22H20N2. The van der Waals surface area contributed by atoms with E-state index in [-0.39, 0.29) is 0 Å². The number of rotatable bonds is 4. The Balaban J connectivity index is 1.94. The van der Waals surface area contributed by atoms with Crippen molar-refractivity contribution >= 4 is 10.9 Å². The normalized spacial score (nSPS) is 11.0. The molecule has 0 spiro atoms. The number of aryl methyl sites for hydroxylation is 1. The highest BCUT2D eigenvalue weighted by Gasteiger charge is 2.15. The number of hydrogen-bond donors (Lipinski definition) is 0. The molecule has 0 aliphatic heterocycles. The third kappa shape index (κ3) is 2.61. The molecule has 2 heteroatoms. The van der Waals surface area contributed by atoms with Crippen LogP contribution >= 0.6 is 0 Å². The molecule has 0 saturated heterocycles. The summed E-state index contributed by atoms with van der Waals surface area (Å²) >= 11 is 0. The van der Waals surface area contributed by atoms with Gasteiger partial charge in [0, 0.05) is 10.9 Å². The number of benzene rings is 3. The fourth-order valence-corrected chi connectivity index (χ4v) is 3.27. The number of nitrogens with zero attached hydrogens (tertiary/aromatic N) is 2. The van der Waals surface area contributed by atoms with E-state index in [4.69, 9.17) is 5.10 Å². The van der Waals surface area contributed by atoms with Crippen molar-refractivity contribution in [2.24, 2.45) is 0 Å². The summed E-state index contributed by atoms with van der Waals surface area (Å²) in [5, 5.41) is 6.20. The van der Waals surface area contributed by atoms with E-state index in [1.54, 1.807) is 0 Å². The standard InChI is InChI=1S/C22H20N2/c1-2-18-14-9-15-20-21(18)23-24(16-17-10-5-3-6-11-17)22(20)19-12-7-4-8-13-19/h3-15H,2,16H2,1H3. The lowest BCUT2D eigenvalue weighted by molar-refractivity contribution is 0.702. The molecule has 0 bridgehead atoms. The van der Waals surface area contributed by atoms with Crippen molar-refractivity contribution in [1.82, 2.24) is 9.78 Å². The molecule has 1 aromatic heterocycles. The lowest BCUT2D eigenvalue weighted by Gasteiger charge is -2.08. The minimum atomic E-state index is 0.781. The van der Waals surface area contributed by atoms with Crippen LogP contribution in [-0.4, -0.2) is 9.78 Å². The number of hydrogen-bond acceptors (Lipinski definition) is 1. The molecule has 4 aromatic rings. The molecule has 2 nitrogen and oxygen atoms in total. The third-order valence-corrected chi connectivity index (χ3v) is 4.46. The van der Waals surface area contributed by atoms with E-state index in [9.17, 15) is 0 Å². The molecule has 0 aliphatic carbocycles. The van der Waals surface area contributed by atoms with Gasteiger partial charge in [-0.3, -0.25) is 4.68 Å². The molecule has 0 radical (unpaired) electrons. The molecular weight excluding hydrogens is 292 g/mol. The van der Waals surface area contributed by atoms with E-state index >= 15 is 0 Å². The third-order valence-electron chi connectivity index (χ3n) is 4.46. The van der Waals surface area contributed by atoms with Crippen LogP contribution in [0.25, 0.3) is 22.2 Å². The van der Waals surface area contributed by atoms with Gasteiger partial charge >= 0.3 is 0 Å². The van der Waals surface area contributed by atoms with Gasteiger partial charge in [0.15, 0.2) is 0 Å². The molecule has 4 rings (SSSR count). The molecule has 0 N–H and O–H groups in total. The van der Waals surface area contributed by atoms with Crippen LogP contribution in [0.15, 0.2) is 78.9 Å². The van der Waals surface area contributed by atoms with Gasteiger partial charge < -0.3 is 0 Å². The second kappa shape index (κ2) is 6.32. The summed E-state index contributed by atoms with van der Waals surface area (Å²) in [6, 6.07) is 27.6. The van der Waals surface area contributed by atoms with Crippen LogP contribution in [0.3, 0.4) is 0 Å². The van der Waals surface area contributed by atoms with Crippen LogP contribution < -0.4 is 0 Å². The molecule has 3 aromatic carbocycles. The minimum absolute atomic E-state index is 0.781. The molecule has 0 amide bonds. The highest BCUT2D eigenvalue weighted by molar-refractivity contribution is 5.95. The van der Waals surface area contributed by atoms with Gasteiger partial charge in [-0.1, -0.05) is 85.8 Å². The summed E-state index contributed by atoms with van der Waals surface area (Å²) in [4.78, 5) is 0. The van der Waals surface area contributed by atoms with Crippen molar-refractivity contribution in [3.63, 3.8) is 0 Å². The zero-order chi connectivity index (χ0) is 16.4. The predicted molar refractivity (Wildman–Crippen MR) is 100 cm³/mol. The highest BCUT2D eigenvalue weighted by Crippen LogP contribution is 2.31. The Bertz CT molecular complexity index is 953. The summed E-state index contributed by atoms with van der Waals surface area (Å²) in [6.45, 7) is 2.97. The maximum absolute atomic E-state index is 4.97. The van der Waals surface area contributed by atoms with E-state index in [0.717, 1.165) is 18.5 Å². The SMILES string of the molecule is CCc1cccc2c(-c3ccccc3)n(Cc3ccccc3)nc12. The van der Waals surface area contributed by atoms with Gasteiger partial charge in [-0.05, 0) is 17.5 Å².